The molecule has 160 valence electrons. The van der Waals surface area contributed by atoms with Crippen LogP contribution in [0.15, 0.2) is 39.3 Å². The zero-order chi connectivity index (χ0) is 22.3. The van der Waals surface area contributed by atoms with Gasteiger partial charge in [0.05, 0.1) is 23.2 Å². The lowest BCUT2D eigenvalue weighted by molar-refractivity contribution is -0.140. The Hall–Kier alpha value is -2.32. The second-order valence-electron chi connectivity index (χ2n) is 8.17. The monoisotopic (exact) mass is 547 g/mol. The fraction of sp³-hybridized carbons (Fsp3) is 0.304. The molecule has 2 N–H and O–H groups in total. The lowest BCUT2D eigenvalue weighted by atomic mass is 9.79. The molecule has 0 spiro atoms. The number of nitrogens with one attached hydrogen (secondary N) is 1. The second kappa shape index (κ2) is 8.31. The van der Waals surface area contributed by atoms with Crippen molar-refractivity contribution in [3.05, 3.63) is 61.5 Å². The molecule has 4 rings (SSSR count). The molecule has 0 radical (unpaired) electrons. The minimum Gasteiger partial charge on any atom is -0.481 e. The number of carboxylic acids is 1. The number of amides is 1. The first-order valence-electron chi connectivity index (χ1n) is 9.94. The van der Waals surface area contributed by atoms with E-state index in [4.69, 9.17) is 0 Å². The predicted octanol–water partition coefficient (Wildman–Crippen LogP) is 5.35. The molecular weight excluding hydrogens is 530 g/mol. The molecule has 8 heteroatoms. The summed E-state index contributed by atoms with van der Waals surface area (Å²) in [6, 6.07) is 8.24. The lowest BCUT2D eigenvalue weighted by Gasteiger charge is -2.27. The molecule has 6 nitrogen and oxygen atoms in total. The van der Waals surface area contributed by atoms with Crippen molar-refractivity contribution in [2.24, 2.45) is 5.41 Å². The van der Waals surface area contributed by atoms with Crippen LogP contribution in [0.5, 0.6) is 0 Å². The average Bonchev–Trinajstić information content (AvgIpc) is 3.15. The third kappa shape index (κ3) is 3.99. The molecule has 0 atom stereocenters. The number of carbonyl (C=O) groups is 4. The second-order valence-corrected chi connectivity index (χ2v) is 9.88. The quantitative estimate of drug-likeness (QED) is 0.447. The van der Waals surface area contributed by atoms with Crippen molar-refractivity contribution in [1.29, 1.82) is 0 Å². The average molecular weight is 549 g/mol. The van der Waals surface area contributed by atoms with E-state index in [-0.39, 0.29) is 47.1 Å². The van der Waals surface area contributed by atoms with Crippen LogP contribution in [-0.2, 0) is 9.59 Å². The molecule has 31 heavy (non-hydrogen) atoms. The van der Waals surface area contributed by atoms with Crippen LogP contribution in [0.4, 0.5) is 5.69 Å². The maximum Gasteiger partial charge on any atom is 0.303 e. The van der Waals surface area contributed by atoms with E-state index in [1.54, 1.807) is 30.3 Å². The maximum atomic E-state index is 13.3. The lowest BCUT2D eigenvalue weighted by Crippen LogP contribution is -2.29. The standard InChI is InChI=1S/C23H19Br2NO5/c24-14-9-15(25)20(26-16(27)10-23(11-17(28)29)7-3-4-8-23)19-18(14)21(30)12-5-1-2-6-13(12)22(19)31/h1-2,5-6,9H,3-4,7-8,10-11H2,(H,26,27)(H,28,29). The summed E-state index contributed by atoms with van der Waals surface area (Å²) in [7, 11) is 0. The number of anilines is 1. The van der Waals surface area contributed by atoms with Crippen molar-refractivity contribution in [2.75, 3.05) is 5.32 Å². The van der Waals surface area contributed by atoms with Crippen LogP contribution < -0.4 is 5.32 Å². The summed E-state index contributed by atoms with van der Waals surface area (Å²) in [5.74, 6) is -1.93. The zero-order valence-electron chi connectivity index (χ0n) is 16.5. The van der Waals surface area contributed by atoms with Crippen molar-refractivity contribution in [1.82, 2.24) is 0 Å². The van der Waals surface area contributed by atoms with E-state index in [1.807, 2.05) is 0 Å². The first-order chi connectivity index (χ1) is 14.7. The Morgan fingerprint density at radius 3 is 2.10 bits per heavy atom. The van der Waals surface area contributed by atoms with Crippen LogP contribution in [0.2, 0.25) is 0 Å². The van der Waals surface area contributed by atoms with Crippen molar-refractivity contribution in [3.63, 3.8) is 0 Å². The highest BCUT2D eigenvalue weighted by Crippen LogP contribution is 2.45. The summed E-state index contributed by atoms with van der Waals surface area (Å²) in [5, 5.41) is 12.1. The summed E-state index contributed by atoms with van der Waals surface area (Å²) in [4.78, 5) is 50.7. The molecule has 0 heterocycles. The van der Waals surface area contributed by atoms with Gasteiger partial charge >= 0.3 is 5.97 Å². The fourth-order valence-corrected chi connectivity index (χ4v) is 6.17. The van der Waals surface area contributed by atoms with Crippen LogP contribution >= 0.6 is 31.9 Å². The fourth-order valence-electron chi connectivity index (χ4n) is 4.73. The first kappa shape index (κ1) is 21.9. The van der Waals surface area contributed by atoms with Gasteiger partial charge in [-0.1, -0.05) is 37.1 Å². The highest BCUT2D eigenvalue weighted by molar-refractivity contribution is 9.11. The highest BCUT2D eigenvalue weighted by Gasteiger charge is 2.39. The van der Waals surface area contributed by atoms with E-state index < -0.39 is 11.4 Å². The van der Waals surface area contributed by atoms with Gasteiger partial charge in [-0.2, -0.15) is 0 Å². The molecule has 1 amide bonds. The van der Waals surface area contributed by atoms with Gasteiger partial charge in [0.25, 0.3) is 0 Å². The van der Waals surface area contributed by atoms with E-state index >= 15 is 0 Å². The minimum atomic E-state index is -0.922. The summed E-state index contributed by atoms with van der Waals surface area (Å²) >= 11 is 6.78. The van der Waals surface area contributed by atoms with Gasteiger partial charge in [0.15, 0.2) is 11.6 Å². The van der Waals surface area contributed by atoms with Crippen molar-refractivity contribution >= 4 is 61.0 Å². The third-order valence-corrected chi connectivity index (χ3v) is 7.34. The Labute approximate surface area is 195 Å². The van der Waals surface area contributed by atoms with Gasteiger partial charge < -0.3 is 10.4 Å². The highest BCUT2D eigenvalue weighted by atomic mass is 79.9. The molecule has 0 aromatic heterocycles. The van der Waals surface area contributed by atoms with E-state index in [0.29, 0.717) is 32.9 Å². The van der Waals surface area contributed by atoms with Gasteiger partial charge in [0, 0.05) is 26.5 Å². The van der Waals surface area contributed by atoms with Crippen LogP contribution in [0.3, 0.4) is 0 Å². The zero-order valence-corrected chi connectivity index (χ0v) is 19.6. The molecule has 2 aliphatic carbocycles. The van der Waals surface area contributed by atoms with Gasteiger partial charge in [0.2, 0.25) is 5.91 Å². The topological polar surface area (TPSA) is 101 Å². The van der Waals surface area contributed by atoms with E-state index in [9.17, 15) is 24.3 Å². The van der Waals surface area contributed by atoms with Crippen molar-refractivity contribution in [3.8, 4) is 0 Å². The smallest absolute Gasteiger partial charge is 0.303 e. The Balaban J connectivity index is 1.72. The van der Waals surface area contributed by atoms with Gasteiger partial charge in [-0.05, 0) is 56.2 Å². The molecule has 0 aliphatic heterocycles. The summed E-state index contributed by atoms with van der Waals surface area (Å²) < 4.78 is 0.920. The van der Waals surface area contributed by atoms with Crippen LogP contribution in [-0.4, -0.2) is 28.5 Å². The first-order valence-corrected chi connectivity index (χ1v) is 11.5. The Morgan fingerprint density at radius 1 is 0.935 bits per heavy atom. The Kier molecular flexibility index (Phi) is 5.87. The molecule has 0 bridgehead atoms. The van der Waals surface area contributed by atoms with Gasteiger partial charge in [-0.15, -0.1) is 0 Å². The summed E-state index contributed by atoms with van der Waals surface area (Å²) in [6.45, 7) is 0. The molecule has 2 aromatic rings. The number of rotatable bonds is 5. The van der Waals surface area contributed by atoms with Gasteiger partial charge in [0.1, 0.15) is 0 Å². The van der Waals surface area contributed by atoms with E-state index in [1.165, 1.54) is 0 Å². The molecule has 1 saturated carbocycles. The van der Waals surface area contributed by atoms with E-state index in [2.05, 4.69) is 37.2 Å². The Bertz CT molecular complexity index is 1140. The SMILES string of the molecule is O=C(O)CC1(CC(=O)Nc2c(Br)cc(Br)c3c2C(=O)c2ccccc2C3=O)CCCC1. The van der Waals surface area contributed by atoms with Gasteiger partial charge in [-0.3, -0.25) is 19.2 Å². The molecule has 0 unspecified atom stereocenters. The third-order valence-electron chi connectivity index (χ3n) is 6.09. The molecule has 0 saturated heterocycles. The van der Waals surface area contributed by atoms with E-state index in [0.717, 1.165) is 12.8 Å². The summed E-state index contributed by atoms with van der Waals surface area (Å²) in [5.41, 5.74) is 0.620. The van der Waals surface area contributed by atoms with Crippen LogP contribution in [0.1, 0.15) is 70.4 Å². The number of ketones is 2. The van der Waals surface area contributed by atoms with Crippen LogP contribution in [0, 0.1) is 5.41 Å². The van der Waals surface area contributed by atoms with Crippen molar-refractivity contribution in [2.45, 2.75) is 38.5 Å². The number of benzene rings is 2. The largest absolute Gasteiger partial charge is 0.481 e. The summed E-state index contributed by atoms with van der Waals surface area (Å²) in [6.07, 6.45) is 3.12. The van der Waals surface area contributed by atoms with Crippen molar-refractivity contribution < 1.29 is 24.3 Å². The predicted molar refractivity (Wildman–Crippen MR) is 122 cm³/mol. The number of hydrogen-bond donors (Lipinski definition) is 2. The Morgan fingerprint density at radius 2 is 1.52 bits per heavy atom. The van der Waals surface area contributed by atoms with Gasteiger partial charge in [-0.25, -0.2) is 0 Å². The number of halogens is 2. The molecule has 1 fully saturated rings. The molecule has 2 aliphatic rings. The molecule has 2 aromatic carbocycles. The number of aliphatic carboxylic acids is 1. The number of carbonyl (C=O) groups excluding carboxylic acids is 3. The number of carboxylic acid groups (broad SMARTS) is 1. The van der Waals surface area contributed by atoms with Crippen LogP contribution in [0.25, 0.3) is 0 Å². The minimum absolute atomic E-state index is 0.0509. The molecular formula is C23H19Br2NO5. The normalized spacial score (nSPS) is 16.6. The maximum absolute atomic E-state index is 13.3. The number of fused-ring (bicyclic) bond motifs is 2. The number of hydrogen-bond acceptors (Lipinski definition) is 4.